The highest BCUT2D eigenvalue weighted by molar-refractivity contribution is 7.14. The number of carbonyl (C=O) groups is 2. The Bertz CT molecular complexity index is 904. The highest BCUT2D eigenvalue weighted by Crippen LogP contribution is 2.30. The number of para-hydroxylation sites is 1. The summed E-state index contributed by atoms with van der Waals surface area (Å²) in [6.07, 6.45) is 5.15. The average molecular weight is 339 g/mol. The summed E-state index contributed by atoms with van der Waals surface area (Å²) in [7, 11) is 0. The van der Waals surface area contributed by atoms with Gasteiger partial charge in [-0.2, -0.15) is 0 Å². The Balaban J connectivity index is 1.37. The van der Waals surface area contributed by atoms with E-state index in [1.54, 1.807) is 0 Å². The molecule has 24 heavy (non-hydrogen) atoms. The molecule has 4 rings (SSSR count). The fourth-order valence-corrected chi connectivity index (χ4v) is 4.25. The monoisotopic (exact) mass is 339 g/mol. The largest absolute Gasteiger partial charge is 0.338 e. The lowest BCUT2D eigenvalue weighted by Crippen LogP contribution is -2.42. The number of carbonyl (C=O) groups excluding carboxylic acids is 2. The van der Waals surface area contributed by atoms with Crippen LogP contribution in [0.3, 0.4) is 0 Å². The predicted octanol–water partition coefficient (Wildman–Crippen LogP) is 2.65. The van der Waals surface area contributed by atoms with E-state index < -0.39 is 0 Å². The lowest BCUT2D eigenvalue weighted by molar-refractivity contribution is -0.122. The summed E-state index contributed by atoms with van der Waals surface area (Å²) in [5.74, 6) is -0.506. The molecular weight excluding hydrogens is 322 g/mol. The molecule has 0 aliphatic heterocycles. The first-order chi connectivity index (χ1) is 11.7. The summed E-state index contributed by atoms with van der Waals surface area (Å²) in [6, 6.07) is 11.8. The van der Waals surface area contributed by atoms with Gasteiger partial charge in [-0.15, -0.1) is 11.3 Å². The van der Waals surface area contributed by atoms with Gasteiger partial charge in [0, 0.05) is 16.6 Å². The van der Waals surface area contributed by atoms with Gasteiger partial charge < -0.3 is 4.57 Å². The molecule has 0 bridgehead atoms. The molecule has 1 aromatic carbocycles. The number of fused-ring (bicyclic) bond motifs is 2. The van der Waals surface area contributed by atoms with E-state index in [0.717, 1.165) is 23.7 Å². The number of aryl methyl sites for hydroxylation is 2. The number of benzene rings is 1. The molecule has 1 aliphatic rings. The highest BCUT2D eigenvalue weighted by atomic mass is 32.1. The molecule has 0 unspecified atom stereocenters. The summed E-state index contributed by atoms with van der Waals surface area (Å²) < 4.78 is 1.86. The Hall–Kier alpha value is -2.60. The second kappa shape index (κ2) is 6.13. The maximum Gasteiger partial charge on any atom is 0.279 e. The van der Waals surface area contributed by atoms with Gasteiger partial charge in [-0.05, 0) is 48.4 Å². The van der Waals surface area contributed by atoms with Crippen molar-refractivity contribution in [3.63, 3.8) is 0 Å². The Labute approximate surface area is 143 Å². The van der Waals surface area contributed by atoms with Gasteiger partial charge in [0.15, 0.2) is 0 Å². The molecular formula is C18H17N3O2S. The summed E-state index contributed by atoms with van der Waals surface area (Å²) in [5, 5.41) is 1.09. The third kappa shape index (κ3) is 2.80. The smallest absolute Gasteiger partial charge is 0.279 e. The first-order valence-corrected chi connectivity index (χ1v) is 8.77. The minimum absolute atomic E-state index is 0.161. The van der Waals surface area contributed by atoms with Gasteiger partial charge in [0.1, 0.15) is 6.54 Å². The first kappa shape index (κ1) is 15.0. The molecule has 2 heterocycles. The molecule has 0 spiro atoms. The molecule has 0 radical (unpaired) electrons. The standard InChI is InChI=1S/C18H17N3O2S/c22-17(11-21-9-8-12-4-1-2-6-14(12)21)19-20-18(23)16-10-13-5-3-7-15(13)24-16/h1-2,4,6,8-10H,3,5,7,11H2,(H,19,22)(H,20,23). The maximum absolute atomic E-state index is 12.1. The fourth-order valence-electron chi connectivity index (χ4n) is 3.10. The molecule has 6 heteroatoms. The molecule has 0 saturated carbocycles. The Morgan fingerprint density at radius 2 is 2.00 bits per heavy atom. The molecule has 122 valence electrons. The van der Waals surface area contributed by atoms with Crippen LogP contribution in [0.25, 0.3) is 10.9 Å². The number of amides is 2. The number of hydrogen-bond donors (Lipinski definition) is 2. The van der Waals surface area contributed by atoms with Crippen molar-refractivity contribution in [3.8, 4) is 0 Å². The van der Waals surface area contributed by atoms with Gasteiger partial charge in [-0.1, -0.05) is 18.2 Å². The number of hydrogen-bond acceptors (Lipinski definition) is 3. The molecule has 5 nitrogen and oxygen atoms in total. The van der Waals surface area contributed by atoms with Crippen LogP contribution in [-0.2, 0) is 24.2 Å². The minimum atomic E-state index is -0.256. The Kier molecular flexibility index (Phi) is 3.82. The van der Waals surface area contributed by atoms with Crippen LogP contribution < -0.4 is 10.9 Å². The zero-order valence-corrected chi connectivity index (χ0v) is 13.9. The van der Waals surface area contributed by atoms with Crippen LogP contribution in [0.2, 0.25) is 0 Å². The second-order valence-corrected chi connectivity index (χ2v) is 7.05. The van der Waals surface area contributed by atoms with E-state index in [9.17, 15) is 9.59 Å². The average Bonchev–Trinajstić information content (AvgIpc) is 3.27. The topological polar surface area (TPSA) is 63.1 Å². The number of hydrazine groups is 1. The Morgan fingerprint density at radius 3 is 2.88 bits per heavy atom. The molecule has 2 aromatic heterocycles. The zero-order valence-electron chi connectivity index (χ0n) is 13.0. The second-order valence-electron chi connectivity index (χ2n) is 5.92. The van der Waals surface area contributed by atoms with Crippen LogP contribution in [0.15, 0.2) is 42.6 Å². The SMILES string of the molecule is O=C(Cn1ccc2ccccc21)NNC(=O)c1cc2c(s1)CCC2. The van der Waals surface area contributed by atoms with Crippen LogP contribution in [0.5, 0.6) is 0 Å². The van der Waals surface area contributed by atoms with Crippen molar-refractivity contribution >= 4 is 34.1 Å². The third-order valence-corrected chi connectivity index (χ3v) is 5.52. The van der Waals surface area contributed by atoms with Gasteiger partial charge >= 0.3 is 0 Å². The molecule has 0 fully saturated rings. The van der Waals surface area contributed by atoms with E-state index in [4.69, 9.17) is 0 Å². The van der Waals surface area contributed by atoms with E-state index in [1.807, 2.05) is 47.2 Å². The van der Waals surface area contributed by atoms with Crippen LogP contribution in [0.4, 0.5) is 0 Å². The van der Waals surface area contributed by atoms with Crippen molar-refractivity contribution in [2.45, 2.75) is 25.8 Å². The van der Waals surface area contributed by atoms with E-state index in [-0.39, 0.29) is 18.4 Å². The molecule has 2 amide bonds. The molecule has 0 atom stereocenters. The number of nitrogens with one attached hydrogen (secondary N) is 2. The summed E-state index contributed by atoms with van der Waals surface area (Å²) in [6.45, 7) is 0.161. The number of nitrogens with zero attached hydrogens (tertiary/aromatic N) is 1. The lowest BCUT2D eigenvalue weighted by Gasteiger charge is -2.08. The minimum Gasteiger partial charge on any atom is -0.338 e. The van der Waals surface area contributed by atoms with Gasteiger partial charge in [-0.25, -0.2) is 0 Å². The predicted molar refractivity (Wildman–Crippen MR) is 93.9 cm³/mol. The van der Waals surface area contributed by atoms with Crippen molar-refractivity contribution in [1.82, 2.24) is 15.4 Å². The van der Waals surface area contributed by atoms with E-state index in [2.05, 4.69) is 10.9 Å². The first-order valence-electron chi connectivity index (χ1n) is 7.95. The maximum atomic E-state index is 12.1. The zero-order chi connectivity index (χ0) is 16.5. The van der Waals surface area contributed by atoms with Crippen molar-refractivity contribution in [3.05, 3.63) is 57.9 Å². The van der Waals surface area contributed by atoms with E-state index >= 15 is 0 Å². The number of aromatic nitrogens is 1. The normalized spacial score (nSPS) is 13.0. The Morgan fingerprint density at radius 1 is 1.12 bits per heavy atom. The summed E-state index contributed by atoms with van der Waals surface area (Å²) in [5.41, 5.74) is 7.27. The summed E-state index contributed by atoms with van der Waals surface area (Å²) >= 11 is 1.52. The number of thiophene rings is 1. The number of rotatable bonds is 3. The van der Waals surface area contributed by atoms with Crippen molar-refractivity contribution < 1.29 is 9.59 Å². The van der Waals surface area contributed by atoms with E-state index in [0.29, 0.717) is 4.88 Å². The summed E-state index contributed by atoms with van der Waals surface area (Å²) in [4.78, 5) is 26.2. The van der Waals surface area contributed by atoms with Gasteiger partial charge in [0.2, 0.25) is 0 Å². The van der Waals surface area contributed by atoms with Crippen LogP contribution in [0, 0.1) is 0 Å². The fraction of sp³-hybridized carbons (Fsp3) is 0.222. The van der Waals surface area contributed by atoms with Gasteiger partial charge in [0.05, 0.1) is 4.88 Å². The molecule has 2 N–H and O–H groups in total. The van der Waals surface area contributed by atoms with Gasteiger partial charge in [0.25, 0.3) is 11.8 Å². The van der Waals surface area contributed by atoms with Crippen molar-refractivity contribution in [1.29, 1.82) is 0 Å². The molecule has 0 saturated heterocycles. The van der Waals surface area contributed by atoms with Crippen molar-refractivity contribution in [2.24, 2.45) is 0 Å². The van der Waals surface area contributed by atoms with Gasteiger partial charge in [-0.3, -0.25) is 20.4 Å². The highest BCUT2D eigenvalue weighted by Gasteiger charge is 2.18. The van der Waals surface area contributed by atoms with Crippen LogP contribution in [-0.4, -0.2) is 16.4 Å². The van der Waals surface area contributed by atoms with Crippen LogP contribution in [0.1, 0.15) is 26.5 Å². The molecule has 3 aromatic rings. The molecule has 1 aliphatic carbocycles. The van der Waals surface area contributed by atoms with Crippen molar-refractivity contribution in [2.75, 3.05) is 0 Å². The quantitative estimate of drug-likeness (QED) is 0.721. The van der Waals surface area contributed by atoms with Crippen LogP contribution >= 0.6 is 11.3 Å². The third-order valence-electron chi connectivity index (χ3n) is 4.28. The van der Waals surface area contributed by atoms with E-state index in [1.165, 1.54) is 28.2 Å². The lowest BCUT2D eigenvalue weighted by atomic mass is 10.2.